The fourth-order valence-corrected chi connectivity index (χ4v) is 2.79. The highest BCUT2D eigenvalue weighted by Gasteiger charge is 2.09. The molecule has 23 heavy (non-hydrogen) atoms. The van der Waals surface area contributed by atoms with Crippen molar-refractivity contribution in [3.63, 3.8) is 0 Å². The molecular formula is C18H17BrN2O2. The van der Waals surface area contributed by atoms with E-state index in [-0.39, 0.29) is 5.91 Å². The van der Waals surface area contributed by atoms with Crippen LogP contribution >= 0.6 is 15.9 Å². The summed E-state index contributed by atoms with van der Waals surface area (Å²) in [6.07, 6.45) is 0.779. The lowest BCUT2D eigenvalue weighted by Gasteiger charge is -2.05. The summed E-state index contributed by atoms with van der Waals surface area (Å²) >= 11 is 3.43. The molecule has 0 aliphatic rings. The molecule has 0 radical (unpaired) electrons. The average Bonchev–Trinajstić information content (AvgIpc) is 2.98. The van der Waals surface area contributed by atoms with Crippen molar-refractivity contribution in [2.45, 2.75) is 6.42 Å². The van der Waals surface area contributed by atoms with E-state index in [1.54, 1.807) is 7.11 Å². The molecule has 0 saturated heterocycles. The van der Waals surface area contributed by atoms with Gasteiger partial charge in [0.2, 0.25) is 0 Å². The molecule has 0 aliphatic heterocycles. The number of fused-ring (bicyclic) bond motifs is 1. The predicted molar refractivity (Wildman–Crippen MR) is 95.0 cm³/mol. The number of benzene rings is 2. The predicted octanol–water partition coefficient (Wildman–Crippen LogP) is 3.91. The van der Waals surface area contributed by atoms with Crippen LogP contribution in [0.25, 0.3) is 10.9 Å². The van der Waals surface area contributed by atoms with Crippen molar-refractivity contribution in [2.75, 3.05) is 13.7 Å². The van der Waals surface area contributed by atoms with Crippen LogP contribution in [-0.4, -0.2) is 24.5 Å². The Morgan fingerprint density at radius 1 is 1.17 bits per heavy atom. The summed E-state index contributed by atoms with van der Waals surface area (Å²) < 4.78 is 6.11. The van der Waals surface area contributed by atoms with Crippen molar-refractivity contribution in [1.82, 2.24) is 10.3 Å². The molecule has 0 saturated carbocycles. The van der Waals surface area contributed by atoms with E-state index in [1.807, 2.05) is 48.5 Å². The number of halogens is 1. The van der Waals surface area contributed by atoms with Gasteiger partial charge in [-0.1, -0.05) is 34.1 Å². The highest BCUT2D eigenvalue weighted by molar-refractivity contribution is 9.10. The molecule has 0 fully saturated rings. The van der Waals surface area contributed by atoms with Crippen molar-refractivity contribution in [3.8, 4) is 5.75 Å². The summed E-state index contributed by atoms with van der Waals surface area (Å²) in [6, 6.07) is 15.6. The number of ether oxygens (including phenoxy) is 1. The smallest absolute Gasteiger partial charge is 0.267 e. The van der Waals surface area contributed by atoms with Gasteiger partial charge in [0.25, 0.3) is 5.91 Å². The first-order valence-electron chi connectivity index (χ1n) is 7.35. The second-order valence-electron chi connectivity index (χ2n) is 5.27. The molecule has 4 nitrogen and oxygen atoms in total. The fraction of sp³-hybridized carbons (Fsp3) is 0.167. The van der Waals surface area contributed by atoms with E-state index in [2.05, 4.69) is 26.2 Å². The lowest BCUT2D eigenvalue weighted by atomic mass is 10.1. The van der Waals surface area contributed by atoms with E-state index in [1.165, 1.54) is 0 Å². The summed E-state index contributed by atoms with van der Waals surface area (Å²) in [6.45, 7) is 0.588. The number of hydrogen-bond acceptors (Lipinski definition) is 2. The lowest BCUT2D eigenvalue weighted by Crippen LogP contribution is -2.25. The second kappa shape index (κ2) is 6.87. The van der Waals surface area contributed by atoms with Gasteiger partial charge in [0, 0.05) is 21.9 Å². The van der Waals surface area contributed by atoms with Crippen LogP contribution in [0.5, 0.6) is 5.75 Å². The molecule has 0 atom stereocenters. The zero-order chi connectivity index (χ0) is 16.2. The maximum Gasteiger partial charge on any atom is 0.267 e. The van der Waals surface area contributed by atoms with Gasteiger partial charge in [-0.3, -0.25) is 4.79 Å². The molecule has 5 heteroatoms. The van der Waals surface area contributed by atoms with Gasteiger partial charge in [0.1, 0.15) is 11.4 Å². The number of hydrogen-bond donors (Lipinski definition) is 2. The largest absolute Gasteiger partial charge is 0.497 e. The maximum absolute atomic E-state index is 12.2. The van der Waals surface area contributed by atoms with E-state index < -0.39 is 0 Å². The number of carbonyl (C=O) groups is 1. The van der Waals surface area contributed by atoms with Crippen LogP contribution in [0.3, 0.4) is 0 Å². The Bertz CT molecular complexity index is 825. The number of nitrogens with one attached hydrogen (secondary N) is 2. The minimum Gasteiger partial charge on any atom is -0.497 e. The van der Waals surface area contributed by atoms with Gasteiger partial charge < -0.3 is 15.0 Å². The molecule has 118 valence electrons. The quantitative estimate of drug-likeness (QED) is 0.713. The van der Waals surface area contributed by atoms with Crippen molar-refractivity contribution in [3.05, 3.63) is 64.3 Å². The van der Waals surface area contributed by atoms with Crippen LogP contribution in [0.15, 0.2) is 53.0 Å². The summed E-state index contributed by atoms with van der Waals surface area (Å²) in [7, 11) is 1.65. The molecule has 0 unspecified atom stereocenters. The summed E-state index contributed by atoms with van der Waals surface area (Å²) in [4.78, 5) is 15.4. The first-order chi connectivity index (χ1) is 11.2. The van der Waals surface area contributed by atoms with Gasteiger partial charge >= 0.3 is 0 Å². The number of amides is 1. The van der Waals surface area contributed by atoms with Gasteiger partial charge in [0.05, 0.1) is 7.11 Å². The van der Waals surface area contributed by atoms with Crippen LogP contribution in [-0.2, 0) is 6.42 Å². The first-order valence-corrected chi connectivity index (χ1v) is 8.14. The third kappa shape index (κ3) is 3.74. The Kier molecular flexibility index (Phi) is 4.67. The Balaban J connectivity index is 1.59. The Morgan fingerprint density at radius 2 is 1.96 bits per heavy atom. The number of rotatable bonds is 5. The molecule has 2 N–H and O–H groups in total. The Labute approximate surface area is 143 Å². The van der Waals surface area contributed by atoms with E-state index in [4.69, 9.17) is 4.74 Å². The van der Waals surface area contributed by atoms with Gasteiger partial charge in [-0.2, -0.15) is 0 Å². The molecule has 3 rings (SSSR count). The van der Waals surface area contributed by atoms with Crippen LogP contribution in [0.1, 0.15) is 16.1 Å². The standard InChI is InChI=1S/C18H17BrN2O2/c1-23-15-6-2-12(3-7-15)8-9-20-18(22)17-10-13-4-5-14(19)11-16(13)21-17/h2-7,10-11,21H,8-9H2,1H3,(H,20,22). The summed E-state index contributed by atoms with van der Waals surface area (Å²) in [5, 5.41) is 3.96. The fourth-order valence-electron chi connectivity index (χ4n) is 2.43. The van der Waals surface area contributed by atoms with Crippen LogP contribution < -0.4 is 10.1 Å². The minimum atomic E-state index is -0.0918. The molecule has 1 heterocycles. The van der Waals surface area contributed by atoms with Gasteiger partial charge in [0.15, 0.2) is 0 Å². The van der Waals surface area contributed by atoms with Crippen molar-refractivity contribution < 1.29 is 9.53 Å². The molecule has 0 bridgehead atoms. The number of aromatic nitrogens is 1. The van der Waals surface area contributed by atoms with Gasteiger partial charge in [-0.15, -0.1) is 0 Å². The Hall–Kier alpha value is -2.27. The molecule has 1 aromatic heterocycles. The van der Waals surface area contributed by atoms with E-state index in [0.717, 1.165) is 33.1 Å². The zero-order valence-electron chi connectivity index (χ0n) is 12.7. The molecule has 3 aromatic rings. The topological polar surface area (TPSA) is 54.1 Å². The third-order valence-corrected chi connectivity index (χ3v) is 4.18. The molecule has 2 aromatic carbocycles. The van der Waals surface area contributed by atoms with Crippen molar-refractivity contribution in [2.24, 2.45) is 0 Å². The number of H-pyrrole nitrogens is 1. The molecule has 0 aliphatic carbocycles. The molecule has 0 spiro atoms. The van der Waals surface area contributed by atoms with Crippen LogP contribution in [0.4, 0.5) is 0 Å². The molecule has 1 amide bonds. The van der Waals surface area contributed by atoms with Gasteiger partial charge in [-0.05, 0) is 42.3 Å². The number of carbonyl (C=O) groups excluding carboxylic acids is 1. The van der Waals surface area contributed by atoms with E-state index >= 15 is 0 Å². The lowest BCUT2D eigenvalue weighted by molar-refractivity contribution is 0.0950. The van der Waals surface area contributed by atoms with Crippen LogP contribution in [0.2, 0.25) is 0 Å². The normalized spacial score (nSPS) is 10.7. The number of methoxy groups -OCH3 is 1. The first kappa shape index (κ1) is 15.6. The highest BCUT2D eigenvalue weighted by atomic mass is 79.9. The zero-order valence-corrected chi connectivity index (χ0v) is 14.3. The van der Waals surface area contributed by atoms with E-state index in [0.29, 0.717) is 12.2 Å². The van der Waals surface area contributed by atoms with E-state index in [9.17, 15) is 4.79 Å². The second-order valence-corrected chi connectivity index (χ2v) is 6.18. The Morgan fingerprint density at radius 3 is 2.70 bits per heavy atom. The van der Waals surface area contributed by atoms with Crippen molar-refractivity contribution >= 4 is 32.7 Å². The van der Waals surface area contributed by atoms with Crippen molar-refractivity contribution in [1.29, 1.82) is 0 Å². The monoisotopic (exact) mass is 372 g/mol. The maximum atomic E-state index is 12.2. The molecular weight excluding hydrogens is 356 g/mol. The SMILES string of the molecule is COc1ccc(CCNC(=O)c2cc3ccc(Br)cc3[nH]2)cc1. The summed E-state index contributed by atoms with van der Waals surface area (Å²) in [5.41, 5.74) is 2.68. The third-order valence-electron chi connectivity index (χ3n) is 3.69. The number of aromatic amines is 1. The highest BCUT2D eigenvalue weighted by Crippen LogP contribution is 2.20. The minimum absolute atomic E-state index is 0.0918. The summed E-state index contributed by atoms with van der Waals surface area (Å²) in [5.74, 6) is 0.743. The average molecular weight is 373 g/mol. The van der Waals surface area contributed by atoms with Crippen LogP contribution in [0, 0.1) is 0 Å². The van der Waals surface area contributed by atoms with Gasteiger partial charge in [-0.25, -0.2) is 0 Å².